The summed E-state index contributed by atoms with van der Waals surface area (Å²) in [6, 6.07) is 9.27. The zero-order valence-corrected chi connectivity index (χ0v) is 14.7. The number of aryl methyl sites for hydroxylation is 2. The van der Waals surface area contributed by atoms with Gasteiger partial charge in [0.25, 0.3) is 11.8 Å². The van der Waals surface area contributed by atoms with E-state index in [-0.39, 0.29) is 11.8 Å². The molecule has 0 unspecified atom stereocenters. The summed E-state index contributed by atoms with van der Waals surface area (Å²) >= 11 is 0. The Hall–Kier alpha value is -2.69. The topological polar surface area (TPSA) is 53.5 Å². The van der Waals surface area contributed by atoms with Gasteiger partial charge < -0.3 is 9.80 Å². The predicted octanol–water partition coefficient (Wildman–Crippen LogP) is 2.69. The normalized spacial score (nSPS) is 15.0. The van der Waals surface area contributed by atoms with E-state index in [0.717, 1.165) is 17.5 Å². The summed E-state index contributed by atoms with van der Waals surface area (Å²) in [6.45, 7) is 6.51. The van der Waals surface area contributed by atoms with Gasteiger partial charge in [-0.2, -0.15) is 0 Å². The number of benzene rings is 1. The maximum Gasteiger partial charge on any atom is 0.254 e. The fraction of sp³-hybridized carbons (Fsp3) is 0.350. The van der Waals surface area contributed by atoms with Crippen LogP contribution < -0.4 is 0 Å². The van der Waals surface area contributed by atoms with Gasteiger partial charge in [0.1, 0.15) is 0 Å². The fourth-order valence-electron chi connectivity index (χ4n) is 3.06. The zero-order chi connectivity index (χ0) is 17.8. The molecule has 5 heteroatoms. The lowest BCUT2D eigenvalue weighted by Crippen LogP contribution is -2.37. The van der Waals surface area contributed by atoms with Crippen LogP contribution in [0.15, 0.2) is 42.7 Å². The van der Waals surface area contributed by atoms with Gasteiger partial charge in [-0.15, -0.1) is 0 Å². The van der Waals surface area contributed by atoms with E-state index in [1.807, 2.05) is 41.8 Å². The number of amides is 2. The van der Waals surface area contributed by atoms with Crippen molar-refractivity contribution in [2.24, 2.45) is 0 Å². The second kappa shape index (κ2) is 7.47. The molecule has 0 saturated carbocycles. The van der Waals surface area contributed by atoms with Gasteiger partial charge in [0.05, 0.1) is 0 Å². The summed E-state index contributed by atoms with van der Waals surface area (Å²) in [4.78, 5) is 33.0. The summed E-state index contributed by atoms with van der Waals surface area (Å²) in [5.41, 5.74) is 3.66. The Bertz CT molecular complexity index is 774. The van der Waals surface area contributed by atoms with Crippen LogP contribution in [-0.4, -0.2) is 52.8 Å². The highest BCUT2D eigenvalue weighted by molar-refractivity contribution is 5.95. The first-order valence-corrected chi connectivity index (χ1v) is 8.62. The van der Waals surface area contributed by atoms with Crippen LogP contribution in [0.5, 0.6) is 0 Å². The number of rotatable bonds is 2. The first-order chi connectivity index (χ1) is 12.1. The van der Waals surface area contributed by atoms with Crippen LogP contribution >= 0.6 is 0 Å². The Balaban J connectivity index is 1.68. The summed E-state index contributed by atoms with van der Waals surface area (Å²) in [6.07, 6.45) is 4.04. The minimum Gasteiger partial charge on any atom is -0.337 e. The van der Waals surface area contributed by atoms with Crippen molar-refractivity contribution in [3.63, 3.8) is 0 Å². The highest BCUT2D eigenvalue weighted by Gasteiger charge is 2.23. The molecular weight excluding hydrogens is 314 g/mol. The van der Waals surface area contributed by atoms with Crippen LogP contribution in [0.2, 0.25) is 0 Å². The first kappa shape index (κ1) is 17.1. The summed E-state index contributed by atoms with van der Waals surface area (Å²) in [5.74, 6) is 0.0455. The van der Waals surface area contributed by atoms with E-state index in [9.17, 15) is 9.59 Å². The Morgan fingerprint density at radius 1 is 0.800 bits per heavy atom. The highest BCUT2D eigenvalue weighted by atomic mass is 16.2. The lowest BCUT2D eigenvalue weighted by molar-refractivity contribution is 0.0718. The van der Waals surface area contributed by atoms with Crippen molar-refractivity contribution in [2.75, 3.05) is 26.2 Å². The standard InChI is InChI=1S/C20H23N3O2/c1-15-4-5-18(14-16(15)2)20(25)23-11-3-10-22(12-13-23)19(24)17-6-8-21-9-7-17/h4-9,14H,3,10-13H2,1-2H3. The maximum absolute atomic E-state index is 12.8. The minimum absolute atomic E-state index is 0.00267. The molecule has 130 valence electrons. The molecule has 2 heterocycles. The van der Waals surface area contributed by atoms with Crippen molar-refractivity contribution in [2.45, 2.75) is 20.3 Å². The van der Waals surface area contributed by atoms with Gasteiger partial charge in [-0.1, -0.05) is 6.07 Å². The third-order valence-corrected chi connectivity index (χ3v) is 4.75. The van der Waals surface area contributed by atoms with E-state index in [4.69, 9.17) is 0 Å². The average molecular weight is 337 g/mol. The molecule has 1 fully saturated rings. The van der Waals surface area contributed by atoms with Gasteiger partial charge in [0, 0.05) is 49.7 Å². The van der Waals surface area contributed by atoms with Crippen LogP contribution in [0, 0.1) is 13.8 Å². The second-order valence-corrected chi connectivity index (χ2v) is 6.47. The minimum atomic E-state index is 0.00267. The van der Waals surface area contributed by atoms with Crippen molar-refractivity contribution in [1.29, 1.82) is 0 Å². The molecule has 0 radical (unpaired) electrons. The molecule has 5 nitrogen and oxygen atoms in total. The lowest BCUT2D eigenvalue weighted by Gasteiger charge is -2.22. The largest absolute Gasteiger partial charge is 0.337 e. The summed E-state index contributed by atoms with van der Waals surface area (Å²) in [5, 5.41) is 0. The molecular formula is C20H23N3O2. The molecule has 0 spiro atoms. The number of hydrogen-bond acceptors (Lipinski definition) is 3. The van der Waals surface area contributed by atoms with Gasteiger partial charge in [0.2, 0.25) is 0 Å². The molecule has 25 heavy (non-hydrogen) atoms. The Labute approximate surface area is 148 Å². The van der Waals surface area contributed by atoms with E-state index < -0.39 is 0 Å². The maximum atomic E-state index is 12.8. The molecule has 0 bridgehead atoms. The fourth-order valence-corrected chi connectivity index (χ4v) is 3.06. The van der Waals surface area contributed by atoms with Crippen LogP contribution in [0.25, 0.3) is 0 Å². The number of hydrogen-bond donors (Lipinski definition) is 0. The molecule has 1 aliphatic rings. The SMILES string of the molecule is Cc1ccc(C(=O)N2CCCN(C(=O)c3ccncc3)CC2)cc1C. The molecule has 0 aliphatic carbocycles. The number of aromatic nitrogens is 1. The molecule has 1 aliphatic heterocycles. The summed E-state index contributed by atoms with van der Waals surface area (Å²) < 4.78 is 0. The van der Waals surface area contributed by atoms with E-state index in [1.165, 1.54) is 5.56 Å². The van der Waals surface area contributed by atoms with Crippen LogP contribution in [-0.2, 0) is 0 Å². The van der Waals surface area contributed by atoms with E-state index in [1.54, 1.807) is 24.5 Å². The van der Waals surface area contributed by atoms with Gasteiger partial charge >= 0.3 is 0 Å². The molecule has 1 saturated heterocycles. The van der Waals surface area contributed by atoms with Crippen molar-refractivity contribution < 1.29 is 9.59 Å². The van der Waals surface area contributed by atoms with E-state index in [0.29, 0.717) is 31.7 Å². The van der Waals surface area contributed by atoms with E-state index in [2.05, 4.69) is 4.98 Å². The van der Waals surface area contributed by atoms with Crippen molar-refractivity contribution in [3.05, 3.63) is 65.0 Å². The Morgan fingerprint density at radius 2 is 1.40 bits per heavy atom. The quantitative estimate of drug-likeness (QED) is 0.847. The monoisotopic (exact) mass is 337 g/mol. The number of nitrogens with zero attached hydrogens (tertiary/aromatic N) is 3. The van der Waals surface area contributed by atoms with Crippen LogP contribution in [0.4, 0.5) is 0 Å². The van der Waals surface area contributed by atoms with Crippen LogP contribution in [0.3, 0.4) is 0 Å². The molecule has 3 rings (SSSR count). The van der Waals surface area contributed by atoms with Crippen molar-refractivity contribution in [1.82, 2.24) is 14.8 Å². The number of carbonyl (C=O) groups is 2. The van der Waals surface area contributed by atoms with Crippen molar-refractivity contribution in [3.8, 4) is 0 Å². The van der Waals surface area contributed by atoms with Gasteiger partial charge in [-0.25, -0.2) is 0 Å². The Morgan fingerprint density at radius 3 is 2.00 bits per heavy atom. The zero-order valence-electron chi connectivity index (χ0n) is 14.7. The third kappa shape index (κ3) is 3.87. The van der Waals surface area contributed by atoms with Crippen molar-refractivity contribution >= 4 is 11.8 Å². The molecule has 2 amide bonds. The second-order valence-electron chi connectivity index (χ2n) is 6.47. The van der Waals surface area contributed by atoms with Gasteiger partial charge in [0.15, 0.2) is 0 Å². The smallest absolute Gasteiger partial charge is 0.254 e. The van der Waals surface area contributed by atoms with Gasteiger partial charge in [-0.05, 0) is 55.7 Å². The van der Waals surface area contributed by atoms with Crippen LogP contribution in [0.1, 0.15) is 38.3 Å². The van der Waals surface area contributed by atoms with E-state index >= 15 is 0 Å². The molecule has 2 aromatic rings. The third-order valence-electron chi connectivity index (χ3n) is 4.75. The molecule has 0 atom stereocenters. The molecule has 1 aromatic heterocycles. The molecule has 1 aromatic carbocycles. The predicted molar refractivity (Wildman–Crippen MR) is 96.6 cm³/mol. The first-order valence-electron chi connectivity index (χ1n) is 8.62. The molecule has 0 N–H and O–H groups in total. The van der Waals surface area contributed by atoms with Gasteiger partial charge in [-0.3, -0.25) is 14.6 Å². The number of carbonyl (C=O) groups excluding carboxylic acids is 2. The highest BCUT2D eigenvalue weighted by Crippen LogP contribution is 2.15. The summed E-state index contributed by atoms with van der Waals surface area (Å²) in [7, 11) is 0. The Kier molecular flexibility index (Phi) is 5.12. The lowest BCUT2D eigenvalue weighted by atomic mass is 10.1. The average Bonchev–Trinajstić information content (AvgIpc) is 2.89. The number of pyridine rings is 1.